The first-order chi connectivity index (χ1) is 17.0. The minimum atomic E-state index is -4.48. The second kappa shape index (κ2) is 11.7. The number of hydrogen-bond donors (Lipinski definition) is 2. The van der Waals surface area contributed by atoms with Gasteiger partial charge in [0.25, 0.3) is 5.91 Å². The van der Waals surface area contributed by atoms with E-state index in [4.69, 9.17) is 5.73 Å². The normalized spacial score (nSPS) is 20.4. The van der Waals surface area contributed by atoms with Crippen LogP contribution in [-0.2, 0) is 11.0 Å². The molecule has 8 nitrogen and oxygen atoms in total. The fourth-order valence-electron chi connectivity index (χ4n) is 4.39. The molecule has 1 aliphatic heterocycles. The van der Waals surface area contributed by atoms with Gasteiger partial charge in [-0.3, -0.25) is 9.59 Å². The van der Waals surface area contributed by atoms with Crippen LogP contribution in [0.3, 0.4) is 0 Å². The van der Waals surface area contributed by atoms with Gasteiger partial charge in [-0.05, 0) is 57.0 Å². The molecule has 1 aromatic heterocycles. The van der Waals surface area contributed by atoms with Crippen molar-refractivity contribution in [3.63, 3.8) is 0 Å². The topological polar surface area (TPSA) is 104 Å². The van der Waals surface area contributed by atoms with Crippen molar-refractivity contribution in [2.45, 2.75) is 39.3 Å². The van der Waals surface area contributed by atoms with Crippen molar-refractivity contribution in [3.05, 3.63) is 47.3 Å². The first-order valence-electron chi connectivity index (χ1n) is 12.0. The van der Waals surface area contributed by atoms with Gasteiger partial charge in [-0.1, -0.05) is 13.3 Å². The highest BCUT2D eigenvalue weighted by molar-refractivity contribution is 5.94. The lowest BCUT2D eigenvalue weighted by Gasteiger charge is -2.32. The summed E-state index contributed by atoms with van der Waals surface area (Å²) in [5, 5.41) is 2.85. The molecule has 0 spiro atoms. The van der Waals surface area contributed by atoms with Crippen molar-refractivity contribution >= 4 is 23.5 Å². The summed E-state index contributed by atoms with van der Waals surface area (Å²) < 4.78 is 38.3. The van der Waals surface area contributed by atoms with E-state index in [-0.39, 0.29) is 29.4 Å². The number of carbonyl (C=O) groups is 2. The summed E-state index contributed by atoms with van der Waals surface area (Å²) in [6, 6.07) is 6.72. The summed E-state index contributed by atoms with van der Waals surface area (Å²) in [5.41, 5.74) is 5.29. The Bertz CT molecular complexity index is 1050. The molecular weight excluding hydrogens is 473 g/mol. The number of primary amides is 1. The number of amides is 2. The second-order valence-corrected chi connectivity index (χ2v) is 9.41. The number of nitrogens with one attached hydrogen (secondary N) is 1. The molecular formula is C25H33F3N6O2. The molecule has 2 fully saturated rings. The third-order valence-electron chi connectivity index (χ3n) is 6.69. The van der Waals surface area contributed by atoms with Crippen molar-refractivity contribution < 1.29 is 22.8 Å². The van der Waals surface area contributed by atoms with Gasteiger partial charge in [-0.2, -0.15) is 13.2 Å². The highest BCUT2D eigenvalue weighted by Crippen LogP contribution is 2.31. The van der Waals surface area contributed by atoms with Crippen LogP contribution in [0.15, 0.2) is 30.5 Å². The number of nitrogens with zero attached hydrogens (tertiary/aromatic N) is 4. The van der Waals surface area contributed by atoms with Gasteiger partial charge in [0.05, 0.1) is 11.3 Å². The number of carbonyl (C=O) groups excluding carboxylic acids is 2. The molecule has 2 aromatic rings. The molecule has 1 saturated heterocycles. The lowest BCUT2D eigenvalue weighted by atomic mass is 9.98. The van der Waals surface area contributed by atoms with Gasteiger partial charge < -0.3 is 20.9 Å². The molecule has 1 aliphatic carbocycles. The number of halogens is 3. The predicted octanol–water partition coefficient (Wildman–Crippen LogP) is 3.84. The van der Waals surface area contributed by atoms with E-state index >= 15 is 0 Å². The van der Waals surface area contributed by atoms with Crippen LogP contribution in [0.4, 0.5) is 24.8 Å². The molecule has 4 rings (SSSR count). The number of piperazine rings is 1. The monoisotopic (exact) mass is 506 g/mol. The van der Waals surface area contributed by atoms with Crippen LogP contribution in [0.25, 0.3) is 0 Å². The van der Waals surface area contributed by atoms with E-state index in [0.717, 1.165) is 25.7 Å². The van der Waals surface area contributed by atoms with Crippen molar-refractivity contribution in [2.24, 2.45) is 17.6 Å². The number of benzene rings is 1. The number of alkyl halides is 3. The molecule has 2 aliphatic rings. The Morgan fingerprint density at radius 1 is 1.08 bits per heavy atom. The maximum absolute atomic E-state index is 12.8. The fourth-order valence-corrected chi connectivity index (χ4v) is 4.39. The van der Waals surface area contributed by atoms with E-state index in [1.165, 1.54) is 19.8 Å². The van der Waals surface area contributed by atoms with Gasteiger partial charge >= 0.3 is 6.18 Å². The Balaban J connectivity index is 0.000000338. The van der Waals surface area contributed by atoms with Crippen LogP contribution in [-0.4, -0.2) is 64.8 Å². The zero-order valence-electron chi connectivity index (χ0n) is 20.8. The molecule has 2 atom stereocenters. The number of nitrogens with two attached hydrogens (primary N) is 1. The molecule has 1 saturated carbocycles. The van der Waals surface area contributed by atoms with Gasteiger partial charge in [0.15, 0.2) is 0 Å². The molecule has 0 bridgehead atoms. The van der Waals surface area contributed by atoms with Crippen LogP contribution in [0, 0.1) is 18.8 Å². The summed E-state index contributed by atoms with van der Waals surface area (Å²) in [5.74, 6) is 0.627. The molecule has 1 aromatic carbocycles. The van der Waals surface area contributed by atoms with Crippen LogP contribution < -0.4 is 11.1 Å². The Morgan fingerprint density at radius 3 is 2.19 bits per heavy atom. The number of anilines is 2. The molecule has 11 heteroatoms. The molecule has 2 amide bonds. The van der Waals surface area contributed by atoms with E-state index in [9.17, 15) is 22.8 Å². The van der Waals surface area contributed by atoms with Gasteiger partial charge in [0.2, 0.25) is 11.9 Å². The van der Waals surface area contributed by atoms with Gasteiger partial charge in [-0.15, -0.1) is 0 Å². The van der Waals surface area contributed by atoms with Gasteiger partial charge in [0.1, 0.15) is 0 Å². The molecule has 0 radical (unpaired) electrons. The molecule has 36 heavy (non-hydrogen) atoms. The third-order valence-corrected chi connectivity index (χ3v) is 6.69. The summed E-state index contributed by atoms with van der Waals surface area (Å²) in [6.07, 6.45) is -0.358. The van der Waals surface area contributed by atoms with Gasteiger partial charge in [0, 0.05) is 49.5 Å². The van der Waals surface area contributed by atoms with Crippen molar-refractivity contribution in [2.75, 3.05) is 38.5 Å². The van der Waals surface area contributed by atoms with Crippen molar-refractivity contribution in [1.29, 1.82) is 0 Å². The Kier molecular flexibility index (Phi) is 8.89. The van der Waals surface area contributed by atoms with Gasteiger partial charge in [-0.25, -0.2) is 9.97 Å². The van der Waals surface area contributed by atoms with E-state index in [2.05, 4.69) is 27.1 Å². The number of hydrogen-bond acceptors (Lipinski definition) is 6. The molecule has 1 unspecified atom stereocenters. The van der Waals surface area contributed by atoms with Crippen LogP contribution in [0.2, 0.25) is 0 Å². The number of likely N-dealkylation sites (N-methyl/N-ethyl adjacent to an activating group) is 1. The van der Waals surface area contributed by atoms with Crippen LogP contribution in [0.1, 0.15) is 47.8 Å². The number of aryl methyl sites for hydroxylation is 1. The Hall–Kier alpha value is -3.21. The summed E-state index contributed by atoms with van der Waals surface area (Å²) in [6.45, 7) is 6.45. The van der Waals surface area contributed by atoms with E-state index in [1.54, 1.807) is 24.3 Å². The standard InChI is InChI=1S/C18H20F3N5O.C7H13NO/c1-12-15(18(19,20)21)11-22-17(23-12)24-14-5-3-13(4-6-14)16(27)26-9-7-25(2)8-10-26;1-5-3-2-4-6(5)7(8)9/h3-6,11H,7-10H2,1-2H3,(H,22,23,24);5-6H,2-4H2,1H3,(H2,8,9)/t;5?,6-/m.1/s1. The Labute approximate surface area is 209 Å². The minimum absolute atomic E-state index is 0.0312. The van der Waals surface area contributed by atoms with Crippen molar-refractivity contribution in [3.8, 4) is 0 Å². The number of rotatable bonds is 4. The maximum Gasteiger partial charge on any atom is 0.419 e. The predicted molar refractivity (Wildman–Crippen MR) is 131 cm³/mol. The molecule has 2 heterocycles. The third kappa shape index (κ3) is 7.16. The highest BCUT2D eigenvalue weighted by Gasteiger charge is 2.33. The van der Waals surface area contributed by atoms with Crippen LogP contribution in [0.5, 0.6) is 0 Å². The molecule has 3 N–H and O–H groups in total. The minimum Gasteiger partial charge on any atom is -0.369 e. The summed E-state index contributed by atoms with van der Waals surface area (Å²) >= 11 is 0. The average Bonchev–Trinajstić information content (AvgIpc) is 3.25. The maximum atomic E-state index is 12.8. The van der Waals surface area contributed by atoms with E-state index in [1.807, 2.05) is 11.9 Å². The van der Waals surface area contributed by atoms with Crippen molar-refractivity contribution in [1.82, 2.24) is 19.8 Å². The lowest BCUT2D eigenvalue weighted by molar-refractivity contribution is -0.138. The zero-order valence-corrected chi connectivity index (χ0v) is 20.8. The smallest absolute Gasteiger partial charge is 0.369 e. The highest BCUT2D eigenvalue weighted by atomic mass is 19.4. The average molecular weight is 507 g/mol. The van der Waals surface area contributed by atoms with E-state index in [0.29, 0.717) is 30.3 Å². The van der Waals surface area contributed by atoms with E-state index < -0.39 is 11.7 Å². The molecule has 196 valence electrons. The SMILES string of the molecule is CC1CCC[C@H]1C(N)=O.Cc1nc(Nc2ccc(C(=O)N3CCN(C)CC3)cc2)ncc1C(F)(F)F. The fraction of sp³-hybridized carbons (Fsp3) is 0.520. The summed E-state index contributed by atoms with van der Waals surface area (Å²) in [7, 11) is 2.02. The van der Waals surface area contributed by atoms with Crippen LogP contribution >= 0.6 is 0 Å². The summed E-state index contributed by atoms with van der Waals surface area (Å²) in [4.78, 5) is 34.7. The second-order valence-electron chi connectivity index (χ2n) is 9.41. The first kappa shape index (κ1) is 27.4. The number of aromatic nitrogens is 2. The quantitative estimate of drug-likeness (QED) is 0.653. The largest absolute Gasteiger partial charge is 0.419 e. The zero-order chi connectivity index (χ0) is 26.5. The lowest BCUT2D eigenvalue weighted by Crippen LogP contribution is -2.47. The first-order valence-corrected chi connectivity index (χ1v) is 12.0. The Morgan fingerprint density at radius 2 is 1.72 bits per heavy atom.